The summed E-state index contributed by atoms with van der Waals surface area (Å²) in [6.45, 7) is 4.32. The van der Waals surface area contributed by atoms with Crippen LogP contribution in [0.25, 0.3) is 0 Å². The minimum atomic E-state index is -0.928. The molecule has 3 rings (SSSR count). The fourth-order valence-corrected chi connectivity index (χ4v) is 4.31. The van der Waals surface area contributed by atoms with E-state index < -0.39 is 11.6 Å². The SMILES string of the molecule is CCCC1CCC(C2CCc3cc(OCC)c(F)c(F)c3O2)CC1. The van der Waals surface area contributed by atoms with Crippen molar-refractivity contribution < 1.29 is 18.3 Å². The Morgan fingerprint density at radius 2 is 1.83 bits per heavy atom. The lowest BCUT2D eigenvalue weighted by molar-refractivity contribution is 0.0706. The number of halogens is 2. The second-order valence-electron chi connectivity index (χ2n) is 7.19. The van der Waals surface area contributed by atoms with Crippen molar-refractivity contribution in [3.63, 3.8) is 0 Å². The van der Waals surface area contributed by atoms with Gasteiger partial charge in [-0.1, -0.05) is 32.6 Å². The van der Waals surface area contributed by atoms with Gasteiger partial charge in [-0.15, -0.1) is 0 Å². The van der Waals surface area contributed by atoms with E-state index in [-0.39, 0.29) is 17.6 Å². The van der Waals surface area contributed by atoms with Gasteiger partial charge in [0.1, 0.15) is 6.10 Å². The molecule has 1 fully saturated rings. The van der Waals surface area contributed by atoms with Gasteiger partial charge in [-0.05, 0) is 50.5 Å². The molecule has 1 atom stereocenters. The maximum atomic E-state index is 14.4. The van der Waals surface area contributed by atoms with E-state index in [0.29, 0.717) is 12.5 Å². The summed E-state index contributed by atoms with van der Waals surface area (Å²) in [6, 6.07) is 1.60. The first kappa shape index (κ1) is 17.5. The zero-order valence-electron chi connectivity index (χ0n) is 14.7. The molecule has 1 unspecified atom stereocenters. The van der Waals surface area contributed by atoms with Crippen LogP contribution >= 0.6 is 0 Å². The molecule has 0 saturated heterocycles. The lowest BCUT2D eigenvalue weighted by atomic mass is 9.76. The standard InChI is InChI=1S/C20H28F2O2/c1-3-5-13-6-8-14(9-7-13)16-11-10-15-12-17(23-4-2)18(21)19(22)20(15)24-16/h12-14,16H,3-11H2,1-2H3. The number of hydrogen-bond donors (Lipinski definition) is 0. The van der Waals surface area contributed by atoms with Crippen LogP contribution in [0, 0.1) is 23.5 Å². The molecule has 24 heavy (non-hydrogen) atoms. The highest BCUT2D eigenvalue weighted by Gasteiger charge is 2.34. The molecule has 0 spiro atoms. The fourth-order valence-electron chi connectivity index (χ4n) is 4.31. The largest absolute Gasteiger partial charge is 0.491 e. The third-order valence-corrected chi connectivity index (χ3v) is 5.59. The maximum Gasteiger partial charge on any atom is 0.204 e. The number of benzene rings is 1. The van der Waals surface area contributed by atoms with Crippen molar-refractivity contribution in [1.82, 2.24) is 0 Å². The van der Waals surface area contributed by atoms with Gasteiger partial charge in [-0.2, -0.15) is 8.78 Å². The van der Waals surface area contributed by atoms with E-state index in [0.717, 1.165) is 37.2 Å². The zero-order chi connectivity index (χ0) is 17.1. The molecule has 1 aliphatic heterocycles. The molecule has 2 nitrogen and oxygen atoms in total. The van der Waals surface area contributed by atoms with Crippen LogP contribution in [0.1, 0.15) is 64.4 Å². The third-order valence-electron chi connectivity index (χ3n) is 5.59. The van der Waals surface area contributed by atoms with E-state index in [1.165, 1.54) is 25.7 Å². The Hall–Kier alpha value is -1.32. The Morgan fingerprint density at radius 1 is 1.08 bits per heavy atom. The van der Waals surface area contributed by atoms with E-state index in [1.807, 2.05) is 0 Å². The van der Waals surface area contributed by atoms with Crippen LogP contribution in [0.4, 0.5) is 8.78 Å². The molecule has 1 aliphatic carbocycles. The second kappa shape index (κ2) is 7.71. The zero-order valence-corrected chi connectivity index (χ0v) is 14.7. The normalized spacial score (nSPS) is 26.6. The molecular weight excluding hydrogens is 310 g/mol. The predicted octanol–water partition coefficient (Wildman–Crippen LogP) is 5.66. The molecule has 0 radical (unpaired) electrons. The topological polar surface area (TPSA) is 18.5 Å². The van der Waals surface area contributed by atoms with Crippen LogP contribution < -0.4 is 9.47 Å². The van der Waals surface area contributed by atoms with Gasteiger partial charge >= 0.3 is 0 Å². The van der Waals surface area contributed by atoms with Crippen molar-refractivity contribution >= 4 is 0 Å². The van der Waals surface area contributed by atoms with Gasteiger partial charge in [-0.3, -0.25) is 0 Å². The quantitative estimate of drug-likeness (QED) is 0.689. The molecule has 0 amide bonds. The van der Waals surface area contributed by atoms with Gasteiger partial charge in [0.2, 0.25) is 11.6 Å². The Morgan fingerprint density at radius 3 is 2.50 bits per heavy atom. The van der Waals surface area contributed by atoms with Crippen LogP contribution in [-0.2, 0) is 6.42 Å². The van der Waals surface area contributed by atoms with Gasteiger partial charge < -0.3 is 9.47 Å². The van der Waals surface area contributed by atoms with Gasteiger partial charge in [0.25, 0.3) is 0 Å². The lowest BCUT2D eigenvalue weighted by Crippen LogP contribution is -2.34. The van der Waals surface area contributed by atoms with Gasteiger partial charge in [0.15, 0.2) is 11.5 Å². The number of hydrogen-bond acceptors (Lipinski definition) is 2. The van der Waals surface area contributed by atoms with Crippen molar-refractivity contribution in [2.75, 3.05) is 6.61 Å². The average Bonchev–Trinajstić information content (AvgIpc) is 2.60. The number of fused-ring (bicyclic) bond motifs is 1. The summed E-state index contributed by atoms with van der Waals surface area (Å²) in [5, 5.41) is 0. The van der Waals surface area contributed by atoms with Crippen LogP contribution in [0.15, 0.2) is 6.07 Å². The Bertz CT molecular complexity index is 565. The predicted molar refractivity (Wildman–Crippen MR) is 90.6 cm³/mol. The molecule has 1 aromatic rings. The number of rotatable bonds is 5. The highest BCUT2D eigenvalue weighted by atomic mass is 19.2. The summed E-state index contributed by atoms with van der Waals surface area (Å²) in [7, 11) is 0. The number of aryl methyl sites for hydroxylation is 1. The second-order valence-corrected chi connectivity index (χ2v) is 7.19. The maximum absolute atomic E-state index is 14.4. The summed E-state index contributed by atoms with van der Waals surface area (Å²) in [5.41, 5.74) is 0.730. The molecular formula is C20H28F2O2. The summed E-state index contributed by atoms with van der Waals surface area (Å²) in [6.07, 6.45) is 8.95. The van der Waals surface area contributed by atoms with E-state index in [2.05, 4.69) is 6.92 Å². The third kappa shape index (κ3) is 3.52. The molecule has 1 saturated carbocycles. The van der Waals surface area contributed by atoms with E-state index in [4.69, 9.17) is 9.47 Å². The minimum absolute atomic E-state index is 0.00382. The average molecular weight is 338 g/mol. The summed E-state index contributed by atoms with van der Waals surface area (Å²) >= 11 is 0. The Balaban J connectivity index is 1.70. The van der Waals surface area contributed by atoms with Crippen molar-refractivity contribution in [2.24, 2.45) is 11.8 Å². The Kier molecular flexibility index (Phi) is 5.62. The van der Waals surface area contributed by atoms with Crippen molar-refractivity contribution in [1.29, 1.82) is 0 Å². The van der Waals surface area contributed by atoms with E-state index in [1.54, 1.807) is 13.0 Å². The van der Waals surface area contributed by atoms with Crippen LogP contribution in [-0.4, -0.2) is 12.7 Å². The highest BCUT2D eigenvalue weighted by Crippen LogP contribution is 2.41. The molecule has 0 N–H and O–H groups in total. The molecule has 134 valence electrons. The minimum Gasteiger partial charge on any atom is -0.491 e. The summed E-state index contributed by atoms with van der Waals surface area (Å²) in [5.74, 6) is -0.396. The molecule has 0 aromatic heterocycles. The van der Waals surface area contributed by atoms with Gasteiger partial charge in [-0.25, -0.2) is 0 Å². The number of ether oxygens (including phenoxy) is 2. The van der Waals surface area contributed by atoms with E-state index in [9.17, 15) is 8.78 Å². The molecule has 1 heterocycles. The highest BCUT2D eigenvalue weighted by molar-refractivity contribution is 5.44. The lowest BCUT2D eigenvalue weighted by Gasteiger charge is -2.36. The van der Waals surface area contributed by atoms with Crippen molar-refractivity contribution in [3.8, 4) is 11.5 Å². The van der Waals surface area contributed by atoms with Crippen molar-refractivity contribution in [2.45, 2.75) is 71.3 Å². The Labute approximate surface area is 143 Å². The summed E-state index contributed by atoms with van der Waals surface area (Å²) < 4.78 is 39.6. The molecule has 2 aliphatic rings. The van der Waals surface area contributed by atoms with Gasteiger partial charge in [0.05, 0.1) is 6.61 Å². The molecule has 4 heteroatoms. The van der Waals surface area contributed by atoms with Gasteiger partial charge in [0, 0.05) is 5.56 Å². The monoisotopic (exact) mass is 338 g/mol. The first-order valence-corrected chi connectivity index (χ1v) is 9.44. The molecule has 1 aromatic carbocycles. The summed E-state index contributed by atoms with van der Waals surface area (Å²) in [4.78, 5) is 0. The van der Waals surface area contributed by atoms with Crippen LogP contribution in [0.2, 0.25) is 0 Å². The first-order chi connectivity index (χ1) is 11.6. The van der Waals surface area contributed by atoms with Crippen LogP contribution in [0.5, 0.6) is 11.5 Å². The van der Waals surface area contributed by atoms with E-state index >= 15 is 0 Å². The van der Waals surface area contributed by atoms with Crippen LogP contribution in [0.3, 0.4) is 0 Å². The first-order valence-electron chi connectivity index (χ1n) is 9.44. The smallest absolute Gasteiger partial charge is 0.204 e. The van der Waals surface area contributed by atoms with Crippen molar-refractivity contribution in [3.05, 3.63) is 23.3 Å². The fraction of sp³-hybridized carbons (Fsp3) is 0.700. The molecule has 0 bridgehead atoms.